The van der Waals surface area contributed by atoms with Gasteiger partial charge in [-0.15, -0.1) is 0 Å². The van der Waals surface area contributed by atoms with Gasteiger partial charge >= 0.3 is 6.09 Å². The Labute approximate surface area is 132 Å². The van der Waals surface area contributed by atoms with Crippen molar-refractivity contribution in [1.82, 2.24) is 4.90 Å². The molecule has 1 aromatic rings. The van der Waals surface area contributed by atoms with Gasteiger partial charge in [0.2, 0.25) is 0 Å². The third-order valence-electron chi connectivity index (χ3n) is 2.93. The van der Waals surface area contributed by atoms with Crippen LogP contribution in [0.2, 0.25) is 0 Å². The van der Waals surface area contributed by atoms with Crippen molar-refractivity contribution in [2.24, 2.45) is 0 Å². The molecule has 0 fully saturated rings. The molecule has 1 aromatic carbocycles. The quantitative estimate of drug-likeness (QED) is 0.572. The van der Waals surface area contributed by atoms with Gasteiger partial charge in [0.15, 0.2) is 0 Å². The minimum Gasteiger partial charge on any atom is -0.497 e. The molecule has 0 radical (unpaired) electrons. The average Bonchev–Trinajstić information content (AvgIpc) is 2.45. The van der Waals surface area contributed by atoms with E-state index in [9.17, 15) is 9.59 Å². The van der Waals surface area contributed by atoms with Crippen molar-refractivity contribution in [1.29, 1.82) is 0 Å². The summed E-state index contributed by atoms with van der Waals surface area (Å²) in [7, 11) is 1.61. The van der Waals surface area contributed by atoms with Crippen molar-refractivity contribution in [3.8, 4) is 5.75 Å². The van der Waals surface area contributed by atoms with E-state index in [-0.39, 0.29) is 6.09 Å². The lowest BCUT2D eigenvalue weighted by molar-refractivity contribution is -0.108. The number of ether oxygens (including phenoxy) is 2. The molecule has 0 unspecified atom stereocenters. The molecule has 0 aliphatic carbocycles. The first-order chi connectivity index (χ1) is 10.4. The fourth-order valence-electron chi connectivity index (χ4n) is 1.88. The van der Waals surface area contributed by atoms with E-state index in [4.69, 9.17) is 9.47 Å². The Balaban J connectivity index is 2.74. The summed E-state index contributed by atoms with van der Waals surface area (Å²) in [6.45, 7) is 6.43. The van der Waals surface area contributed by atoms with E-state index in [1.54, 1.807) is 12.0 Å². The van der Waals surface area contributed by atoms with Crippen LogP contribution in [0.3, 0.4) is 0 Å². The molecule has 0 heterocycles. The zero-order valence-electron chi connectivity index (χ0n) is 13.8. The average molecular weight is 307 g/mol. The summed E-state index contributed by atoms with van der Waals surface area (Å²) in [5, 5.41) is 0. The Bertz CT molecular complexity index is 476. The van der Waals surface area contributed by atoms with Crippen LogP contribution in [0, 0.1) is 0 Å². The van der Waals surface area contributed by atoms with Gasteiger partial charge < -0.3 is 19.2 Å². The van der Waals surface area contributed by atoms with E-state index in [0.29, 0.717) is 25.9 Å². The van der Waals surface area contributed by atoms with E-state index in [2.05, 4.69) is 0 Å². The predicted molar refractivity (Wildman–Crippen MR) is 84.9 cm³/mol. The lowest BCUT2D eigenvalue weighted by atomic mass is 10.2. The zero-order valence-corrected chi connectivity index (χ0v) is 13.8. The summed E-state index contributed by atoms with van der Waals surface area (Å²) in [6.07, 6.45) is 1.55. The molecule has 0 aliphatic rings. The standard InChI is InChI=1S/C17H25NO4/c1-17(2,3)22-16(20)18(11-5-6-12-19)13-14-7-9-15(21-4)10-8-14/h7-10,12H,5-6,11,13H2,1-4H3. The van der Waals surface area contributed by atoms with Gasteiger partial charge in [0.1, 0.15) is 17.6 Å². The fourth-order valence-corrected chi connectivity index (χ4v) is 1.88. The molecule has 0 aromatic heterocycles. The molecule has 0 atom stereocenters. The van der Waals surface area contributed by atoms with Crippen molar-refractivity contribution in [2.75, 3.05) is 13.7 Å². The summed E-state index contributed by atoms with van der Waals surface area (Å²) in [5.41, 5.74) is 0.442. The number of carbonyl (C=O) groups is 2. The monoisotopic (exact) mass is 307 g/mol. The molecule has 122 valence electrons. The maximum absolute atomic E-state index is 12.3. The molecular weight excluding hydrogens is 282 g/mol. The predicted octanol–water partition coefficient (Wildman–Crippen LogP) is 3.41. The zero-order chi connectivity index (χ0) is 16.6. The summed E-state index contributed by atoms with van der Waals surface area (Å²) < 4.78 is 10.5. The van der Waals surface area contributed by atoms with Gasteiger partial charge in [-0.3, -0.25) is 0 Å². The van der Waals surface area contributed by atoms with Gasteiger partial charge in [0, 0.05) is 19.5 Å². The van der Waals surface area contributed by atoms with Gasteiger partial charge in [-0.25, -0.2) is 4.79 Å². The number of nitrogens with zero attached hydrogens (tertiary/aromatic N) is 1. The lowest BCUT2D eigenvalue weighted by Gasteiger charge is -2.27. The lowest BCUT2D eigenvalue weighted by Crippen LogP contribution is -2.37. The second-order valence-corrected chi connectivity index (χ2v) is 6.06. The third-order valence-corrected chi connectivity index (χ3v) is 2.93. The van der Waals surface area contributed by atoms with Crippen LogP contribution in [-0.4, -0.2) is 36.5 Å². The molecular formula is C17H25NO4. The van der Waals surface area contributed by atoms with Gasteiger partial charge in [0.25, 0.3) is 0 Å². The van der Waals surface area contributed by atoms with Gasteiger partial charge in [-0.1, -0.05) is 12.1 Å². The van der Waals surface area contributed by atoms with Crippen molar-refractivity contribution in [2.45, 2.75) is 45.8 Å². The van der Waals surface area contributed by atoms with Crippen LogP contribution in [0.1, 0.15) is 39.2 Å². The summed E-state index contributed by atoms with van der Waals surface area (Å²) in [5.74, 6) is 0.772. The van der Waals surface area contributed by atoms with Crippen LogP contribution in [0.25, 0.3) is 0 Å². The third kappa shape index (κ3) is 6.61. The Morgan fingerprint density at radius 2 is 1.86 bits per heavy atom. The normalized spacial score (nSPS) is 10.9. The number of rotatable bonds is 7. The second kappa shape index (κ2) is 8.41. The van der Waals surface area contributed by atoms with Crippen LogP contribution in [-0.2, 0) is 16.1 Å². The van der Waals surface area contributed by atoms with Crippen LogP contribution in [0.15, 0.2) is 24.3 Å². The first kappa shape index (κ1) is 18.0. The van der Waals surface area contributed by atoms with Crippen LogP contribution in [0.4, 0.5) is 4.79 Å². The van der Waals surface area contributed by atoms with E-state index in [1.165, 1.54) is 0 Å². The van der Waals surface area contributed by atoms with E-state index >= 15 is 0 Å². The van der Waals surface area contributed by atoms with Crippen molar-refractivity contribution in [3.05, 3.63) is 29.8 Å². The molecule has 0 N–H and O–H groups in total. The summed E-state index contributed by atoms with van der Waals surface area (Å²) in [4.78, 5) is 24.4. The number of carbonyl (C=O) groups excluding carboxylic acids is 2. The van der Waals surface area contributed by atoms with E-state index < -0.39 is 5.60 Å². The molecule has 0 spiro atoms. The molecule has 5 heteroatoms. The Morgan fingerprint density at radius 3 is 2.36 bits per heavy atom. The SMILES string of the molecule is COc1ccc(CN(CCCC=O)C(=O)OC(C)(C)C)cc1. The summed E-state index contributed by atoms with van der Waals surface area (Å²) >= 11 is 0. The smallest absolute Gasteiger partial charge is 0.410 e. The highest BCUT2D eigenvalue weighted by Crippen LogP contribution is 2.16. The highest BCUT2D eigenvalue weighted by Gasteiger charge is 2.22. The fraction of sp³-hybridized carbons (Fsp3) is 0.529. The molecule has 0 saturated heterocycles. The highest BCUT2D eigenvalue weighted by molar-refractivity contribution is 5.68. The van der Waals surface area contributed by atoms with Crippen molar-refractivity contribution >= 4 is 12.4 Å². The molecule has 1 amide bonds. The Kier molecular flexibility index (Phi) is 6.89. The Hall–Kier alpha value is -2.04. The molecule has 22 heavy (non-hydrogen) atoms. The Morgan fingerprint density at radius 1 is 1.23 bits per heavy atom. The molecule has 5 nitrogen and oxygen atoms in total. The number of hydrogen-bond donors (Lipinski definition) is 0. The number of methoxy groups -OCH3 is 1. The molecule has 0 saturated carbocycles. The largest absolute Gasteiger partial charge is 0.497 e. The number of benzene rings is 1. The summed E-state index contributed by atoms with van der Waals surface area (Å²) in [6, 6.07) is 7.54. The maximum Gasteiger partial charge on any atom is 0.410 e. The molecule has 1 rings (SSSR count). The first-order valence-corrected chi connectivity index (χ1v) is 7.40. The number of hydrogen-bond acceptors (Lipinski definition) is 4. The minimum atomic E-state index is -0.542. The second-order valence-electron chi connectivity index (χ2n) is 6.06. The van der Waals surface area contributed by atoms with Crippen LogP contribution in [0.5, 0.6) is 5.75 Å². The van der Waals surface area contributed by atoms with Gasteiger partial charge in [-0.2, -0.15) is 0 Å². The maximum atomic E-state index is 12.3. The van der Waals surface area contributed by atoms with E-state index in [0.717, 1.165) is 17.6 Å². The van der Waals surface area contributed by atoms with Crippen LogP contribution < -0.4 is 4.74 Å². The number of unbranched alkanes of at least 4 members (excludes halogenated alkanes) is 1. The van der Waals surface area contributed by atoms with Crippen LogP contribution >= 0.6 is 0 Å². The minimum absolute atomic E-state index is 0.366. The first-order valence-electron chi connectivity index (χ1n) is 7.40. The molecule has 0 bridgehead atoms. The topological polar surface area (TPSA) is 55.8 Å². The van der Waals surface area contributed by atoms with E-state index in [1.807, 2.05) is 45.0 Å². The number of aldehydes is 1. The number of amides is 1. The van der Waals surface area contributed by atoms with Gasteiger partial charge in [0.05, 0.1) is 7.11 Å². The molecule has 0 aliphatic heterocycles. The van der Waals surface area contributed by atoms with Gasteiger partial charge in [-0.05, 0) is 44.9 Å². The van der Waals surface area contributed by atoms with Crippen molar-refractivity contribution < 1.29 is 19.1 Å². The highest BCUT2D eigenvalue weighted by atomic mass is 16.6. The van der Waals surface area contributed by atoms with Crippen molar-refractivity contribution in [3.63, 3.8) is 0 Å².